The molecule has 0 aliphatic carbocycles. The van der Waals surface area contributed by atoms with Gasteiger partial charge in [0, 0.05) is 24.7 Å². The van der Waals surface area contributed by atoms with Crippen LogP contribution in [0, 0.1) is 5.92 Å². The third-order valence-electron chi connectivity index (χ3n) is 3.95. The number of nitrogens with two attached hydrogens (primary N) is 1. The Balaban J connectivity index is 1.81. The van der Waals surface area contributed by atoms with E-state index < -0.39 is 0 Å². The Labute approximate surface area is 104 Å². The second-order valence-electron chi connectivity index (χ2n) is 5.99. The highest BCUT2D eigenvalue weighted by Gasteiger charge is 2.40. The van der Waals surface area contributed by atoms with Crippen molar-refractivity contribution in [3.05, 3.63) is 0 Å². The van der Waals surface area contributed by atoms with Crippen molar-refractivity contribution in [1.82, 2.24) is 10.2 Å². The fraction of sp³-hybridized carbons (Fsp3) is 0.923. The maximum atomic E-state index is 11.8. The predicted octanol–water partition coefficient (Wildman–Crippen LogP) is 0.713. The normalized spacial score (nSPS) is 33.1. The van der Waals surface area contributed by atoms with E-state index in [0.29, 0.717) is 30.6 Å². The first kappa shape index (κ1) is 12.8. The Morgan fingerprint density at radius 1 is 1.35 bits per heavy atom. The zero-order valence-corrected chi connectivity index (χ0v) is 11.0. The van der Waals surface area contributed by atoms with Gasteiger partial charge in [-0.2, -0.15) is 0 Å². The molecular formula is C13H25N3O. The average molecular weight is 239 g/mol. The summed E-state index contributed by atoms with van der Waals surface area (Å²) in [6.07, 6.45) is 4.56. The van der Waals surface area contributed by atoms with Gasteiger partial charge in [-0.1, -0.05) is 13.8 Å². The first-order valence-corrected chi connectivity index (χ1v) is 6.84. The fourth-order valence-electron chi connectivity index (χ4n) is 3.11. The van der Waals surface area contributed by atoms with Crippen molar-refractivity contribution in [2.45, 2.75) is 57.7 Å². The van der Waals surface area contributed by atoms with Crippen LogP contribution in [0.15, 0.2) is 0 Å². The molecule has 2 rings (SSSR count). The predicted molar refractivity (Wildman–Crippen MR) is 68.6 cm³/mol. The van der Waals surface area contributed by atoms with Gasteiger partial charge < -0.3 is 11.1 Å². The Kier molecular flexibility index (Phi) is 4.05. The lowest BCUT2D eigenvalue weighted by atomic mass is 9.98. The van der Waals surface area contributed by atoms with Crippen LogP contribution in [0.3, 0.4) is 0 Å². The summed E-state index contributed by atoms with van der Waals surface area (Å²) in [6.45, 7) is 5.57. The van der Waals surface area contributed by atoms with E-state index in [2.05, 4.69) is 24.1 Å². The van der Waals surface area contributed by atoms with Gasteiger partial charge in [-0.05, 0) is 31.6 Å². The van der Waals surface area contributed by atoms with Crippen molar-refractivity contribution in [2.75, 3.05) is 13.1 Å². The summed E-state index contributed by atoms with van der Waals surface area (Å²) in [4.78, 5) is 14.2. The van der Waals surface area contributed by atoms with Crippen LogP contribution in [0.25, 0.3) is 0 Å². The number of nitrogens with zero attached hydrogens (tertiary/aromatic N) is 1. The van der Waals surface area contributed by atoms with Crippen LogP contribution in [0.4, 0.5) is 0 Å². The number of piperidine rings is 1. The van der Waals surface area contributed by atoms with E-state index in [1.165, 1.54) is 12.8 Å². The molecule has 2 bridgehead atoms. The number of nitrogens with one attached hydrogen (secondary N) is 1. The van der Waals surface area contributed by atoms with Crippen molar-refractivity contribution in [1.29, 1.82) is 0 Å². The molecular weight excluding hydrogens is 214 g/mol. The molecule has 4 nitrogen and oxygen atoms in total. The minimum atomic E-state index is 0.172. The summed E-state index contributed by atoms with van der Waals surface area (Å²) in [5, 5.41) is 3.00. The number of carbonyl (C=O) groups excluding carboxylic acids is 1. The van der Waals surface area contributed by atoms with Gasteiger partial charge in [0.1, 0.15) is 0 Å². The molecule has 0 aromatic heterocycles. The van der Waals surface area contributed by atoms with Gasteiger partial charge >= 0.3 is 0 Å². The number of rotatable bonds is 4. The summed E-state index contributed by atoms with van der Waals surface area (Å²) < 4.78 is 0. The lowest BCUT2D eigenvalue weighted by Crippen LogP contribution is -2.51. The largest absolute Gasteiger partial charge is 0.355 e. The standard InChI is InChI=1S/C13H25N3O/c1-9(2)7-15-13(17)8-16-11-3-4-12(16)6-10(14)5-11/h9-12H,3-8,14H2,1-2H3,(H,15,17). The molecule has 0 radical (unpaired) electrons. The van der Waals surface area contributed by atoms with Crippen molar-refractivity contribution >= 4 is 5.91 Å². The topological polar surface area (TPSA) is 58.4 Å². The van der Waals surface area contributed by atoms with Gasteiger partial charge in [0.15, 0.2) is 0 Å². The molecule has 0 spiro atoms. The van der Waals surface area contributed by atoms with Gasteiger partial charge in [-0.15, -0.1) is 0 Å². The van der Waals surface area contributed by atoms with Crippen LogP contribution in [0.1, 0.15) is 39.5 Å². The Morgan fingerprint density at radius 2 is 1.94 bits per heavy atom. The second kappa shape index (κ2) is 5.36. The smallest absolute Gasteiger partial charge is 0.234 e. The van der Waals surface area contributed by atoms with Crippen molar-refractivity contribution in [3.8, 4) is 0 Å². The Bertz CT molecular complexity index is 266. The molecule has 2 unspecified atom stereocenters. The highest BCUT2D eigenvalue weighted by atomic mass is 16.2. The van der Waals surface area contributed by atoms with E-state index in [9.17, 15) is 4.79 Å². The van der Waals surface area contributed by atoms with Gasteiger partial charge in [0.25, 0.3) is 0 Å². The number of hydrogen-bond donors (Lipinski definition) is 2. The van der Waals surface area contributed by atoms with E-state index in [1.54, 1.807) is 0 Å². The fourth-order valence-corrected chi connectivity index (χ4v) is 3.11. The molecule has 4 heteroatoms. The lowest BCUT2D eigenvalue weighted by Gasteiger charge is -2.37. The molecule has 98 valence electrons. The average Bonchev–Trinajstić information content (AvgIpc) is 2.49. The third kappa shape index (κ3) is 3.19. The monoisotopic (exact) mass is 239 g/mol. The van der Waals surface area contributed by atoms with Crippen LogP contribution in [0.2, 0.25) is 0 Å². The quantitative estimate of drug-likeness (QED) is 0.760. The van der Waals surface area contributed by atoms with Gasteiger partial charge in [-0.3, -0.25) is 9.69 Å². The third-order valence-corrected chi connectivity index (χ3v) is 3.95. The molecule has 0 saturated carbocycles. The molecule has 1 amide bonds. The summed E-state index contributed by atoms with van der Waals surface area (Å²) in [5.74, 6) is 0.691. The molecule has 2 aliphatic heterocycles. The second-order valence-corrected chi connectivity index (χ2v) is 5.99. The molecule has 0 aromatic rings. The van der Waals surface area contributed by atoms with Crippen molar-refractivity contribution < 1.29 is 4.79 Å². The van der Waals surface area contributed by atoms with E-state index in [1.807, 2.05) is 0 Å². The maximum Gasteiger partial charge on any atom is 0.234 e. The summed E-state index contributed by atoms with van der Waals surface area (Å²) in [5.41, 5.74) is 6.02. The summed E-state index contributed by atoms with van der Waals surface area (Å²) in [6, 6.07) is 1.45. The molecule has 2 aliphatic rings. The molecule has 3 N–H and O–H groups in total. The first-order chi connectivity index (χ1) is 8.06. The number of hydrogen-bond acceptors (Lipinski definition) is 3. The van der Waals surface area contributed by atoms with Gasteiger partial charge in [-0.25, -0.2) is 0 Å². The van der Waals surface area contributed by atoms with E-state index in [4.69, 9.17) is 5.73 Å². The van der Waals surface area contributed by atoms with Gasteiger partial charge in [0.2, 0.25) is 5.91 Å². The van der Waals surface area contributed by atoms with Crippen LogP contribution in [-0.4, -0.2) is 42.0 Å². The molecule has 0 aromatic carbocycles. The van der Waals surface area contributed by atoms with E-state index >= 15 is 0 Å². The summed E-state index contributed by atoms with van der Waals surface area (Å²) in [7, 11) is 0. The van der Waals surface area contributed by atoms with Crippen molar-refractivity contribution in [3.63, 3.8) is 0 Å². The molecule has 2 heterocycles. The first-order valence-electron chi connectivity index (χ1n) is 6.84. The lowest BCUT2D eigenvalue weighted by molar-refractivity contribution is -0.123. The molecule has 2 atom stereocenters. The zero-order valence-electron chi connectivity index (χ0n) is 11.0. The van der Waals surface area contributed by atoms with E-state index in [0.717, 1.165) is 19.4 Å². The highest BCUT2D eigenvalue weighted by molar-refractivity contribution is 5.78. The Hall–Kier alpha value is -0.610. The highest BCUT2D eigenvalue weighted by Crippen LogP contribution is 2.34. The summed E-state index contributed by atoms with van der Waals surface area (Å²) >= 11 is 0. The number of carbonyl (C=O) groups is 1. The number of fused-ring (bicyclic) bond motifs is 2. The molecule has 2 fully saturated rings. The maximum absolute atomic E-state index is 11.8. The minimum absolute atomic E-state index is 0.172. The molecule has 2 saturated heterocycles. The SMILES string of the molecule is CC(C)CNC(=O)CN1C2CCC1CC(N)C2. The van der Waals surface area contributed by atoms with Crippen LogP contribution in [-0.2, 0) is 4.79 Å². The number of amides is 1. The zero-order chi connectivity index (χ0) is 12.4. The minimum Gasteiger partial charge on any atom is -0.355 e. The molecule has 17 heavy (non-hydrogen) atoms. The van der Waals surface area contributed by atoms with Crippen molar-refractivity contribution in [2.24, 2.45) is 11.7 Å². The Morgan fingerprint density at radius 3 is 2.47 bits per heavy atom. The van der Waals surface area contributed by atoms with Crippen LogP contribution in [0.5, 0.6) is 0 Å². The van der Waals surface area contributed by atoms with E-state index in [-0.39, 0.29) is 5.91 Å². The van der Waals surface area contributed by atoms with Crippen LogP contribution >= 0.6 is 0 Å². The van der Waals surface area contributed by atoms with Crippen LogP contribution < -0.4 is 11.1 Å². The van der Waals surface area contributed by atoms with Gasteiger partial charge in [0.05, 0.1) is 6.54 Å².